The van der Waals surface area contributed by atoms with Gasteiger partial charge in [-0.15, -0.1) is 12.4 Å². The maximum Gasteiger partial charge on any atom is 0.345 e. The minimum absolute atomic E-state index is 0. The average Bonchev–Trinajstić information content (AvgIpc) is 2.76. The fourth-order valence-corrected chi connectivity index (χ4v) is 3.32. The number of carboxylic acids is 1. The summed E-state index contributed by atoms with van der Waals surface area (Å²) in [6.45, 7) is 4.81. The summed E-state index contributed by atoms with van der Waals surface area (Å²) in [5.41, 5.74) is 1.58. The smallest absolute Gasteiger partial charge is 0.345 e. The van der Waals surface area contributed by atoms with Gasteiger partial charge in [-0.25, -0.2) is 9.78 Å². The molecule has 0 saturated carbocycles. The summed E-state index contributed by atoms with van der Waals surface area (Å²) in [4.78, 5) is 30.5. The van der Waals surface area contributed by atoms with Crippen molar-refractivity contribution in [1.82, 2.24) is 14.5 Å². The monoisotopic (exact) mass is 353 g/mol. The lowest BCUT2D eigenvalue weighted by molar-refractivity contribution is 0.0691. The van der Waals surface area contributed by atoms with E-state index in [9.17, 15) is 14.7 Å². The minimum Gasteiger partial charge on any atom is -0.506 e. The summed E-state index contributed by atoms with van der Waals surface area (Å²) < 4.78 is 2.07. The predicted octanol–water partition coefficient (Wildman–Crippen LogP) is 2.13. The Morgan fingerprint density at radius 3 is 2.62 bits per heavy atom. The number of nitrogens with one attached hydrogen (secondary N) is 1. The maximum atomic E-state index is 12.1. The first-order valence-corrected chi connectivity index (χ1v) is 7.79. The van der Waals surface area contributed by atoms with E-state index in [0.717, 1.165) is 37.2 Å². The molecule has 3 rings (SSSR count). The number of aromatic hydroxyl groups is 1. The first kappa shape index (κ1) is 18.1. The van der Waals surface area contributed by atoms with Crippen LogP contribution in [0.1, 0.15) is 47.6 Å². The van der Waals surface area contributed by atoms with E-state index in [0.29, 0.717) is 23.5 Å². The number of hydrogen-bond acceptors (Lipinski definition) is 4. The van der Waals surface area contributed by atoms with Gasteiger partial charge in [0.25, 0.3) is 5.56 Å². The van der Waals surface area contributed by atoms with Gasteiger partial charge in [0.15, 0.2) is 11.4 Å². The highest BCUT2D eigenvalue weighted by Crippen LogP contribution is 2.34. The maximum absolute atomic E-state index is 12.1. The normalized spacial score (nSPS) is 12.8. The molecule has 3 N–H and O–H groups in total. The van der Waals surface area contributed by atoms with E-state index >= 15 is 0 Å². The van der Waals surface area contributed by atoms with Gasteiger partial charge in [0, 0.05) is 17.8 Å². The molecule has 130 valence electrons. The fraction of sp³-hybridized carbons (Fsp3) is 0.438. The van der Waals surface area contributed by atoms with Crippen LogP contribution < -0.4 is 5.56 Å². The van der Waals surface area contributed by atoms with Crippen molar-refractivity contribution >= 4 is 18.4 Å². The largest absolute Gasteiger partial charge is 0.506 e. The van der Waals surface area contributed by atoms with Gasteiger partial charge in [-0.3, -0.25) is 4.79 Å². The Labute approximate surface area is 144 Å². The molecule has 0 saturated heterocycles. The molecule has 0 spiro atoms. The number of aryl methyl sites for hydroxylation is 1. The highest BCUT2D eigenvalue weighted by Gasteiger charge is 2.28. The molecule has 24 heavy (non-hydrogen) atoms. The predicted molar refractivity (Wildman–Crippen MR) is 91.2 cm³/mol. The molecule has 2 aromatic heterocycles. The van der Waals surface area contributed by atoms with Crippen LogP contribution in [0.25, 0.3) is 11.5 Å². The quantitative estimate of drug-likeness (QED) is 0.783. The molecule has 0 bridgehead atoms. The molecule has 7 nitrogen and oxygen atoms in total. The van der Waals surface area contributed by atoms with E-state index in [4.69, 9.17) is 5.11 Å². The van der Waals surface area contributed by atoms with Gasteiger partial charge in [0.05, 0.1) is 11.4 Å². The molecule has 8 heteroatoms. The van der Waals surface area contributed by atoms with Crippen LogP contribution in [-0.2, 0) is 25.8 Å². The first-order chi connectivity index (χ1) is 11.0. The van der Waals surface area contributed by atoms with Gasteiger partial charge in [-0.1, -0.05) is 13.8 Å². The molecule has 0 unspecified atom stereocenters. The zero-order chi connectivity index (χ0) is 16.7. The van der Waals surface area contributed by atoms with Crippen molar-refractivity contribution in [2.75, 3.05) is 0 Å². The van der Waals surface area contributed by atoms with Gasteiger partial charge in [-0.2, -0.15) is 0 Å². The molecule has 0 atom stereocenters. The topological polar surface area (TPSA) is 108 Å². The number of pyridine rings is 1. The van der Waals surface area contributed by atoms with E-state index in [1.807, 2.05) is 6.92 Å². The average molecular weight is 354 g/mol. The number of rotatable bonds is 3. The van der Waals surface area contributed by atoms with Crippen molar-refractivity contribution in [1.29, 1.82) is 0 Å². The van der Waals surface area contributed by atoms with Crippen molar-refractivity contribution in [2.45, 2.75) is 46.1 Å². The number of nitrogens with zero attached hydrogens (tertiary/aromatic N) is 2. The SMILES string of the molecule is CCc1nc2n(c1CC)CCCc1c-2[nH]c(=O)c(C(=O)O)c1O.Cl. The van der Waals surface area contributed by atoms with Gasteiger partial charge >= 0.3 is 5.97 Å². The van der Waals surface area contributed by atoms with Crippen molar-refractivity contribution in [3.05, 3.63) is 32.9 Å². The van der Waals surface area contributed by atoms with Crippen LogP contribution in [0.5, 0.6) is 5.75 Å². The Bertz CT molecular complexity index is 854. The lowest BCUT2D eigenvalue weighted by Gasteiger charge is -2.10. The van der Waals surface area contributed by atoms with Crippen molar-refractivity contribution in [2.24, 2.45) is 0 Å². The minimum atomic E-state index is -1.43. The number of fused-ring (bicyclic) bond motifs is 3. The second-order valence-corrected chi connectivity index (χ2v) is 5.63. The summed E-state index contributed by atoms with van der Waals surface area (Å²) >= 11 is 0. The van der Waals surface area contributed by atoms with Gasteiger partial charge in [0.2, 0.25) is 0 Å². The number of imidazole rings is 1. The first-order valence-electron chi connectivity index (χ1n) is 7.79. The summed E-state index contributed by atoms with van der Waals surface area (Å²) in [6.07, 6.45) is 2.84. The van der Waals surface area contributed by atoms with Crippen molar-refractivity contribution in [3.8, 4) is 17.3 Å². The number of carboxylic acid groups (broad SMARTS) is 1. The Morgan fingerprint density at radius 1 is 1.33 bits per heavy atom. The molecule has 2 aromatic rings. The van der Waals surface area contributed by atoms with Crippen LogP contribution in [0.3, 0.4) is 0 Å². The zero-order valence-corrected chi connectivity index (χ0v) is 14.4. The van der Waals surface area contributed by atoms with Crippen LogP contribution in [0.2, 0.25) is 0 Å². The number of carbonyl (C=O) groups is 1. The third kappa shape index (κ3) is 2.58. The summed E-state index contributed by atoms with van der Waals surface area (Å²) in [5, 5.41) is 19.4. The molecule has 0 amide bonds. The second kappa shape index (κ2) is 6.68. The van der Waals surface area contributed by atoms with Crippen molar-refractivity contribution in [3.63, 3.8) is 0 Å². The highest BCUT2D eigenvalue weighted by atomic mass is 35.5. The Balaban J connectivity index is 0.00000208. The van der Waals surface area contributed by atoms with Gasteiger partial charge in [-0.05, 0) is 25.7 Å². The van der Waals surface area contributed by atoms with Crippen LogP contribution in [0.15, 0.2) is 4.79 Å². The fourth-order valence-electron chi connectivity index (χ4n) is 3.32. The van der Waals surface area contributed by atoms with E-state index in [1.165, 1.54) is 0 Å². The number of halogens is 1. The molecule has 3 heterocycles. The third-order valence-electron chi connectivity index (χ3n) is 4.36. The zero-order valence-electron chi connectivity index (χ0n) is 13.5. The summed E-state index contributed by atoms with van der Waals surface area (Å²) in [7, 11) is 0. The summed E-state index contributed by atoms with van der Waals surface area (Å²) in [6, 6.07) is 0. The van der Waals surface area contributed by atoms with Crippen LogP contribution in [0, 0.1) is 0 Å². The molecule has 1 aliphatic heterocycles. The molecule has 0 aromatic carbocycles. The third-order valence-corrected chi connectivity index (χ3v) is 4.36. The number of aromatic amines is 1. The molecule has 1 aliphatic rings. The van der Waals surface area contributed by atoms with Crippen LogP contribution in [0.4, 0.5) is 0 Å². The standard InChI is InChI=1S/C16H19N3O4.ClH/c1-3-9-10(4-2)19-7-5-6-8-12(14(19)17-9)18-15(21)11(13(8)20)16(22)23;/h3-7H2,1-2H3,(H,22,23)(H2,18,20,21);1H. The van der Waals surface area contributed by atoms with Crippen molar-refractivity contribution < 1.29 is 15.0 Å². The molecule has 0 fully saturated rings. The molecule has 0 radical (unpaired) electrons. The summed E-state index contributed by atoms with van der Waals surface area (Å²) in [5.74, 6) is -1.26. The highest BCUT2D eigenvalue weighted by molar-refractivity contribution is 5.91. The second-order valence-electron chi connectivity index (χ2n) is 5.63. The Morgan fingerprint density at radius 2 is 2.04 bits per heavy atom. The van der Waals surface area contributed by atoms with Crippen LogP contribution >= 0.6 is 12.4 Å². The Kier molecular flexibility index (Phi) is 5.03. The molecular weight excluding hydrogens is 334 g/mol. The van der Waals surface area contributed by atoms with Crippen LogP contribution in [-0.4, -0.2) is 30.7 Å². The lowest BCUT2D eigenvalue weighted by atomic mass is 10.0. The number of hydrogen-bond donors (Lipinski definition) is 3. The molecular formula is C16H20ClN3O4. The lowest BCUT2D eigenvalue weighted by Crippen LogP contribution is -2.20. The van der Waals surface area contributed by atoms with E-state index < -0.39 is 22.8 Å². The number of aromatic carboxylic acids is 1. The Hall–Kier alpha value is -2.28. The van der Waals surface area contributed by atoms with E-state index in [2.05, 4.69) is 21.5 Å². The number of H-pyrrole nitrogens is 1. The van der Waals surface area contributed by atoms with E-state index in [1.54, 1.807) is 0 Å². The van der Waals surface area contributed by atoms with E-state index in [-0.39, 0.29) is 12.4 Å². The van der Waals surface area contributed by atoms with Gasteiger partial charge in [0.1, 0.15) is 5.75 Å². The molecule has 0 aliphatic carbocycles. The number of aromatic nitrogens is 3. The van der Waals surface area contributed by atoms with Gasteiger partial charge < -0.3 is 19.8 Å².